The second-order valence-corrected chi connectivity index (χ2v) is 8.89. The summed E-state index contributed by atoms with van der Waals surface area (Å²) in [5.74, 6) is 1.84. The van der Waals surface area contributed by atoms with E-state index in [1.54, 1.807) is 11.8 Å². The number of hydrogen-bond donors (Lipinski definition) is 1. The number of aromatic nitrogens is 1. The molecule has 1 aromatic heterocycles. The SMILES string of the molecule is Cc1ccc(Cn2cc(SCC(=O)NCc3ccc4c(c3)OCO4)c3ccccc32)cc1. The number of aryl methyl sites for hydroxylation is 1. The summed E-state index contributed by atoms with van der Waals surface area (Å²) in [6, 6.07) is 22.7. The molecule has 0 aliphatic carbocycles. The molecule has 1 aliphatic rings. The maximum atomic E-state index is 12.5. The number of carbonyl (C=O) groups excluding carboxylic acids is 1. The highest BCUT2D eigenvalue weighted by molar-refractivity contribution is 8.00. The highest BCUT2D eigenvalue weighted by atomic mass is 32.2. The Labute approximate surface area is 191 Å². The summed E-state index contributed by atoms with van der Waals surface area (Å²) in [4.78, 5) is 13.6. The van der Waals surface area contributed by atoms with Crippen molar-refractivity contribution in [2.45, 2.75) is 24.9 Å². The van der Waals surface area contributed by atoms with Crippen molar-refractivity contribution in [3.8, 4) is 11.5 Å². The van der Waals surface area contributed by atoms with Crippen molar-refractivity contribution in [2.24, 2.45) is 0 Å². The number of nitrogens with zero attached hydrogens (tertiary/aromatic N) is 1. The van der Waals surface area contributed by atoms with Gasteiger partial charge in [-0.1, -0.05) is 54.1 Å². The smallest absolute Gasteiger partial charge is 0.231 e. The van der Waals surface area contributed by atoms with Gasteiger partial charge in [-0.3, -0.25) is 4.79 Å². The van der Waals surface area contributed by atoms with Crippen molar-refractivity contribution in [1.82, 2.24) is 9.88 Å². The Morgan fingerprint density at radius 1 is 1.00 bits per heavy atom. The molecule has 162 valence electrons. The number of fused-ring (bicyclic) bond motifs is 2. The largest absolute Gasteiger partial charge is 0.454 e. The number of para-hydroxylation sites is 1. The van der Waals surface area contributed by atoms with E-state index >= 15 is 0 Å². The number of nitrogens with one attached hydrogen (secondary N) is 1. The molecule has 1 amide bonds. The Balaban J connectivity index is 1.24. The van der Waals surface area contributed by atoms with E-state index < -0.39 is 0 Å². The molecule has 6 heteroatoms. The normalized spacial score (nSPS) is 12.3. The molecule has 0 radical (unpaired) electrons. The average molecular weight is 445 g/mol. The number of benzene rings is 3. The van der Waals surface area contributed by atoms with Crippen molar-refractivity contribution in [2.75, 3.05) is 12.5 Å². The van der Waals surface area contributed by atoms with Gasteiger partial charge in [0.2, 0.25) is 12.7 Å². The molecule has 0 unspecified atom stereocenters. The molecule has 0 bridgehead atoms. The first-order valence-corrected chi connectivity index (χ1v) is 11.6. The number of carbonyl (C=O) groups is 1. The quantitative estimate of drug-likeness (QED) is 0.401. The van der Waals surface area contributed by atoms with E-state index in [0.29, 0.717) is 12.3 Å². The van der Waals surface area contributed by atoms with Gasteiger partial charge in [0.05, 0.1) is 5.75 Å². The summed E-state index contributed by atoms with van der Waals surface area (Å²) >= 11 is 1.57. The van der Waals surface area contributed by atoms with E-state index in [2.05, 4.69) is 65.5 Å². The van der Waals surface area contributed by atoms with E-state index in [-0.39, 0.29) is 12.7 Å². The van der Waals surface area contributed by atoms with Crippen LogP contribution in [-0.4, -0.2) is 23.0 Å². The summed E-state index contributed by atoms with van der Waals surface area (Å²) in [5, 5.41) is 4.17. The molecule has 0 saturated heterocycles. The van der Waals surface area contributed by atoms with Gasteiger partial charge in [-0.25, -0.2) is 0 Å². The third-order valence-electron chi connectivity index (χ3n) is 5.51. The molecule has 32 heavy (non-hydrogen) atoms. The minimum Gasteiger partial charge on any atom is -0.454 e. The van der Waals surface area contributed by atoms with E-state index in [0.717, 1.165) is 28.5 Å². The van der Waals surface area contributed by atoms with Gasteiger partial charge in [0.15, 0.2) is 11.5 Å². The maximum Gasteiger partial charge on any atom is 0.231 e. The van der Waals surface area contributed by atoms with Crippen LogP contribution in [-0.2, 0) is 17.9 Å². The lowest BCUT2D eigenvalue weighted by Crippen LogP contribution is -2.24. The summed E-state index contributed by atoms with van der Waals surface area (Å²) in [6.45, 7) is 3.61. The lowest BCUT2D eigenvalue weighted by molar-refractivity contribution is -0.118. The number of hydrogen-bond acceptors (Lipinski definition) is 4. The lowest BCUT2D eigenvalue weighted by Gasteiger charge is -2.06. The Morgan fingerprint density at radius 3 is 2.66 bits per heavy atom. The molecule has 4 aromatic rings. The predicted molar refractivity (Wildman–Crippen MR) is 127 cm³/mol. The average Bonchev–Trinajstić information content (AvgIpc) is 3.42. The molecule has 1 aliphatic heterocycles. The zero-order chi connectivity index (χ0) is 21.9. The van der Waals surface area contributed by atoms with Crippen molar-refractivity contribution in [3.05, 3.63) is 89.6 Å². The molecular weight excluding hydrogens is 420 g/mol. The highest BCUT2D eigenvalue weighted by Gasteiger charge is 2.14. The van der Waals surface area contributed by atoms with Crippen LogP contribution in [0.2, 0.25) is 0 Å². The van der Waals surface area contributed by atoms with Gasteiger partial charge >= 0.3 is 0 Å². The molecule has 0 fully saturated rings. The van der Waals surface area contributed by atoms with Crippen LogP contribution in [0.25, 0.3) is 10.9 Å². The van der Waals surface area contributed by atoms with Crippen LogP contribution in [0.3, 0.4) is 0 Å². The number of ether oxygens (including phenoxy) is 2. The fourth-order valence-electron chi connectivity index (χ4n) is 3.79. The van der Waals surface area contributed by atoms with Crippen LogP contribution in [0.4, 0.5) is 0 Å². The van der Waals surface area contributed by atoms with Gasteiger partial charge in [0, 0.05) is 35.1 Å². The standard InChI is InChI=1S/C26H24N2O3S/c1-18-6-8-19(9-7-18)14-28-15-25(21-4-2-3-5-22(21)28)32-16-26(29)27-13-20-10-11-23-24(12-20)31-17-30-23/h2-12,15H,13-14,16-17H2,1H3,(H,27,29). The van der Waals surface area contributed by atoms with Crippen LogP contribution in [0.5, 0.6) is 11.5 Å². The summed E-state index contributed by atoms with van der Waals surface area (Å²) in [6.07, 6.45) is 2.15. The van der Waals surface area contributed by atoms with Crippen LogP contribution in [0.1, 0.15) is 16.7 Å². The molecule has 5 rings (SSSR count). The van der Waals surface area contributed by atoms with Crippen LogP contribution in [0, 0.1) is 6.92 Å². The van der Waals surface area contributed by atoms with Crippen molar-refractivity contribution < 1.29 is 14.3 Å². The van der Waals surface area contributed by atoms with E-state index in [4.69, 9.17) is 9.47 Å². The molecule has 0 atom stereocenters. The molecule has 0 saturated carbocycles. The molecule has 5 nitrogen and oxygen atoms in total. The second-order valence-electron chi connectivity index (χ2n) is 7.88. The Hall–Kier alpha value is -3.38. The highest BCUT2D eigenvalue weighted by Crippen LogP contribution is 2.33. The van der Waals surface area contributed by atoms with Crippen LogP contribution in [0.15, 0.2) is 77.8 Å². The van der Waals surface area contributed by atoms with E-state index in [1.165, 1.54) is 22.0 Å². The van der Waals surface area contributed by atoms with Gasteiger partial charge in [-0.2, -0.15) is 0 Å². The molecule has 2 heterocycles. The first-order valence-electron chi connectivity index (χ1n) is 10.6. The Morgan fingerprint density at radius 2 is 1.78 bits per heavy atom. The zero-order valence-corrected chi connectivity index (χ0v) is 18.7. The molecule has 3 aromatic carbocycles. The number of rotatable bonds is 7. The monoisotopic (exact) mass is 444 g/mol. The van der Waals surface area contributed by atoms with Gasteiger partial charge in [0.1, 0.15) is 0 Å². The fourth-order valence-corrected chi connectivity index (χ4v) is 4.71. The summed E-state index contributed by atoms with van der Waals surface area (Å²) in [5.41, 5.74) is 4.68. The molecule has 1 N–H and O–H groups in total. The first kappa shape index (κ1) is 20.5. The van der Waals surface area contributed by atoms with Gasteiger partial charge in [0.25, 0.3) is 0 Å². The summed E-state index contributed by atoms with van der Waals surface area (Å²) < 4.78 is 13.0. The van der Waals surface area contributed by atoms with Crippen molar-refractivity contribution >= 4 is 28.6 Å². The van der Waals surface area contributed by atoms with E-state index in [9.17, 15) is 4.79 Å². The number of amides is 1. The summed E-state index contributed by atoms with van der Waals surface area (Å²) in [7, 11) is 0. The Kier molecular flexibility index (Phi) is 5.77. The molecule has 0 spiro atoms. The van der Waals surface area contributed by atoms with Crippen LogP contribution >= 0.6 is 11.8 Å². The third kappa shape index (κ3) is 4.46. The van der Waals surface area contributed by atoms with Crippen molar-refractivity contribution in [3.63, 3.8) is 0 Å². The predicted octanol–water partition coefficient (Wildman–Crippen LogP) is 5.14. The second kappa shape index (κ2) is 9.01. The lowest BCUT2D eigenvalue weighted by atomic mass is 10.1. The van der Waals surface area contributed by atoms with Gasteiger partial charge in [-0.15, -0.1) is 11.8 Å². The minimum atomic E-state index is 0.00281. The van der Waals surface area contributed by atoms with Crippen LogP contribution < -0.4 is 14.8 Å². The van der Waals surface area contributed by atoms with Gasteiger partial charge in [-0.05, 0) is 36.2 Å². The topological polar surface area (TPSA) is 52.5 Å². The third-order valence-corrected chi connectivity index (χ3v) is 6.55. The molecular formula is C26H24N2O3S. The Bertz CT molecular complexity index is 1260. The van der Waals surface area contributed by atoms with Crippen molar-refractivity contribution in [1.29, 1.82) is 0 Å². The first-order chi connectivity index (χ1) is 15.7. The van der Waals surface area contributed by atoms with Gasteiger partial charge < -0.3 is 19.4 Å². The minimum absolute atomic E-state index is 0.00281. The zero-order valence-electron chi connectivity index (χ0n) is 17.8. The fraction of sp³-hybridized carbons (Fsp3) is 0.192. The van der Waals surface area contributed by atoms with E-state index in [1.807, 2.05) is 24.3 Å². The maximum absolute atomic E-state index is 12.5. The number of thioether (sulfide) groups is 1.